The second-order valence-electron chi connectivity index (χ2n) is 3.78. The van der Waals surface area contributed by atoms with E-state index in [9.17, 15) is 4.79 Å². The third-order valence-electron chi connectivity index (χ3n) is 2.48. The smallest absolute Gasteiger partial charge is 0.409 e. The van der Waals surface area contributed by atoms with Gasteiger partial charge in [0.1, 0.15) is 0 Å². The Balaban J connectivity index is 2.32. The zero-order valence-electron chi connectivity index (χ0n) is 9.08. The van der Waals surface area contributed by atoms with Crippen molar-refractivity contribution in [2.75, 3.05) is 33.3 Å². The van der Waals surface area contributed by atoms with Gasteiger partial charge >= 0.3 is 6.09 Å². The highest BCUT2D eigenvalue weighted by Crippen LogP contribution is 2.14. The minimum absolute atomic E-state index is 0.146. The summed E-state index contributed by atoms with van der Waals surface area (Å²) in [6, 6.07) is 0. The number of carbonyl (C=O) groups is 1. The standard InChI is InChI=1S/C10H20N2O2/c1-3-6-12-7-9(4-5-11-2)8-14-10(12)13/h9,11H,3-8H2,1-2H3. The van der Waals surface area contributed by atoms with Crippen LogP contribution in [-0.2, 0) is 4.74 Å². The van der Waals surface area contributed by atoms with E-state index >= 15 is 0 Å². The molecule has 1 aliphatic heterocycles. The fourth-order valence-corrected chi connectivity index (χ4v) is 1.69. The summed E-state index contributed by atoms with van der Waals surface area (Å²) in [7, 11) is 1.94. The molecular formula is C10H20N2O2. The van der Waals surface area contributed by atoms with Gasteiger partial charge in [0.15, 0.2) is 0 Å². The molecule has 1 N–H and O–H groups in total. The lowest BCUT2D eigenvalue weighted by Gasteiger charge is -2.31. The Labute approximate surface area is 85.6 Å². The lowest BCUT2D eigenvalue weighted by molar-refractivity contribution is 0.0411. The van der Waals surface area contributed by atoms with Crippen LogP contribution in [0.5, 0.6) is 0 Å². The van der Waals surface area contributed by atoms with Gasteiger partial charge in [0, 0.05) is 19.0 Å². The van der Waals surface area contributed by atoms with Crippen molar-refractivity contribution in [1.29, 1.82) is 0 Å². The van der Waals surface area contributed by atoms with Gasteiger partial charge in [-0.25, -0.2) is 4.79 Å². The zero-order valence-corrected chi connectivity index (χ0v) is 9.08. The van der Waals surface area contributed by atoms with Gasteiger partial charge in [0.2, 0.25) is 0 Å². The zero-order chi connectivity index (χ0) is 10.4. The number of hydrogen-bond donors (Lipinski definition) is 1. The number of nitrogens with zero attached hydrogens (tertiary/aromatic N) is 1. The number of hydrogen-bond acceptors (Lipinski definition) is 3. The van der Waals surface area contributed by atoms with Crippen molar-refractivity contribution < 1.29 is 9.53 Å². The van der Waals surface area contributed by atoms with Crippen molar-refractivity contribution >= 4 is 6.09 Å². The van der Waals surface area contributed by atoms with Gasteiger partial charge in [-0.1, -0.05) is 6.92 Å². The molecule has 0 aromatic carbocycles. The van der Waals surface area contributed by atoms with E-state index in [4.69, 9.17) is 4.74 Å². The number of carbonyl (C=O) groups excluding carboxylic acids is 1. The third-order valence-corrected chi connectivity index (χ3v) is 2.48. The number of nitrogens with one attached hydrogen (secondary N) is 1. The summed E-state index contributed by atoms with van der Waals surface area (Å²) in [6.07, 6.45) is 1.92. The van der Waals surface area contributed by atoms with Crippen molar-refractivity contribution in [3.63, 3.8) is 0 Å². The average molecular weight is 200 g/mol. The number of cyclic esters (lactones) is 1. The highest BCUT2D eigenvalue weighted by molar-refractivity contribution is 5.68. The summed E-state index contributed by atoms with van der Waals surface area (Å²) in [5.41, 5.74) is 0. The van der Waals surface area contributed by atoms with E-state index in [0.717, 1.165) is 32.5 Å². The predicted octanol–water partition coefficient (Wildman–Crippen LogP) is 1.07. The Hall–Kier alpha value is -0.770. The number of ether oxygens (including phenoxy) is 1. The molecule has 0 radical (unpaired) electrons. The maximum Gasteiger partial charge on any atom is 0.409 e. The first kappa shape index (κ1) is 11.3. The van der Waals surface area contributed by atoms with Crippen LogP contribution in [0.1, 0.15) is 19.8 Å². The SMILES string of the molecule is CCCN1CC(CCNC)COC1=O. The molecule has 0 aliphatic carbocycles. The maximum atomic E-state index is 11.3. The van der Waals surface area contributed by atoms with Gasteiger partial charge in [-0.15, -0.1) is 0 Å². The molecule has 4 heteroatoms. The largest absolute Gasteiger partial charge is 0.449 e. The van der Waals surface area contributed by atoms with Crippen LogP contribution in [0.2, 0.25) is 0 Å². The molecule has 0 aromatic rings. The van der Waals surface area contributed by atoms with Crippen molar-refractivity contribution in [1.82, 2.24) is 10.2 Å². The second kappa shape index (κ2) is 5.86. The predicted molar refractivity (Wildman–Crippen MR) is 55.2 cm³/mol. The van der Waals surface area contributed by atoms with E-state index in [1.807, 2.05) is 11.9 Å². The molecule has 1 atom stereocenters. The van der Waals surface area contributed by atoms with E-state index in [1.165, 1.54) is 0 Å². The molecule has 1 fully saturated rings. The first-order chi connectivity index (χ1) is 6.77. The summed E-state index contributed by atoms with van der Waals surface area (Å²) in [4.78, 5) is 13.1. The third kappa shape index (κ3) is 3.18. The van der Waals surface area contributed by atoms with Crippen molar-refractivity contribution in [3.05, 3.63) is 0 Å². The van der Waals surface area contributed by atoms with Crippen LogP contribution in [0, 0.1) is 5.92 Å². The Kier molecular flexibility index (Phi) is 4.73. The average Bonchev–Trinajstić information content (AvgIpc) is 2.19. The van der Waals surface area contributed by atoms with E-state index in [0.29, 0.717) is 12.5 Å². The molecular weight excluding hydrogens is 180 g/mol. The van der Waals surface area contributed by atoms with Crippen LogP contribution < -0.4 is 5.32 Å². The van der Waals surface area contributed by atoms with Crippen LogP contribution in [0.15, 0.2) is 0 Å². The van der Waals surface area contributed by atoms with Crippen LogP contribution in [0.3, 0.4) is 0 Å². The van der Waals surface area contributed by atoms with Crippen LogP contribution >= 0.6 is 0 Å². The van der Waals surface area contributed by atoms with Crippen LogP contribution in [0.4, 0.5) is 4.79 Å². The summed E-state index contributed by atoms with van der Waals surface area (Å²) < 4.78 is 5.11. The first-order valence-corrected chi connectivity index (χ1v) is 5.34. The number of rotatable bonds is 5. The molecule has 14 heavy (non-hydrogen) atoms. The van der Waals surface area contributed by atoms with E-state index in [2.05, 4.69) is 12.2 Å². The maximum absolute atomic E-state index is 11.3. The van der Waals surface area contributed by atoms with Gasteiger partial charge in [0.25, 0.3) is 0 Å². The van der Waals surface area contributed by atoms with Gasteiger partial charge < -0.3 is 15.0 Å². The topological polar surface area (TPSA) is 41.6 Å². The van der Waals surface area contributed by atoms with Crippen molar-refractivity contribution in [3.8, 4) is 0 Å². The van der Waals surface area contributed by atoms with E-state index in [-0.39, 0.29) is 6.09 Å². The van der Waals surface area contributed by atoms with Gasteiger partial charge in [-0.2, -0.15) is 0 Å². The fraction of sp³-hybridized carbons (Fsp3) is 0.900. The molecule has 1 unspecified atom stereocenters. The van der Waals surface area contributed by atoms with Gasteiger partial charge in [0.05, 0.1) is 6.61 Å². The molecule has 0 bridgehead atoms. The monoisotopic (exact) mass is 200 g/mol. The lowest BCUT2D eigenvalue weighted by Crippen LogP contribution is -2.43. The summed E-state index contributed by atoms with van der Waals surface area (Å²) in [6.45, 7) is 5.32. The van der Waals surface area contributed by atoms with Crippen LogP contribution in [0.25, 0.3) is 0 Å². The quantitative estimate of drug-likeness (QED) is 0.722. The molecule has 0 spiro atoms. The molecule has 1 heterocycles. The van der Waals surface area contributed by atoms with Crippen molar-refractivity contribution in [2.45, 2.75) is 19.8 Å². The highest BCUT2D eigenvalue weighted by Gasteiger charge is 2.25. The fourth-order valence-electron chi connectivity index (χ4n) is 1.69. The minimum atomic E-state index is -0.146. The molecule has 4 nitrogen and oxygen atoms in total. The molecule has 82 valence electrons. The molecule has 1 rings (SSSR count). The van der Waals surface area contributed by atoms with E-state index in [1.54, 1.807) is 0 Å². The van der Waals surface area contributed by atoms with E-state index < -0.39 is 0 Å². The summed E-state index contributed by atoms with van der Waals surface area (Å²) >= 11 is 0. The first-order valence-electron chi connectivity index (χ1n) is 5.34. The summed E-state index contributed by atoms with van der Waals surface area (Å²) in [5.74, 6) is 0.492. The number of amides is 1. The molecule has 0 saturated carbocycles. The molecule has 0 aromatic heterocycles. The molecule has 1 amide bonds. The normalized spacial score (nSPS) is 22.3. The minimum Gasteiger partial charge on any atom is -0.449 e. The van der Waals surface area contributed by atoms with Gasteiger partial charge in [-0.05, 0) is 26.4 Å². The lowest BCUT2D eigenvalue weighted by atomic mass is 10.1. The Morgan fingerprint density at radius 3 is 3.07 bits per heavy atom. The highest BCUT2D eigenvalue weighted by atomic mass is 16.6. The van der Waals surface area contributed by atoms with Crippen molar-refractivity contribution in [2.24, 2.45) is 5.92 Å². The Morgan fingerprint density at radius 1 is 1.64 bits per heavy atom. The Bertz CT molecular complexity index is 185. The molecule has 1 saturated heterocycles. The Morgan fingerprint density at radius 2 is 2.43 bits per heavy atom. The summed E-state index contributed by atoms with van der Waals surface area (Å²) in [5, 5.41) is 3.11. The second-order valence-corrected chi connectivity index (χ2v) is 3.78. The molecule has 1 aliphatic rings. The van der Waals surface area contributed by atoms with Gasteiger partial charge in [-0.3, -0.25) is 0 Å². The van der Waals surface area contributed by atoms with Crippen LogP contribution in [-0.4, -0.2) is 44.3 Å².